The predicted molar refractivity (Wildman–Crippen MR) is 114 cm³/mol. The van der Waals surface area contributed by atoms with Crippen molar-refractivity contribution in [3.8, 4) is 5.13 Å². The highest BCUT2D eigenvalue weighted by Crippen LogP contribution is 2.31. The number of nitrogens with zero attached hydrogens (tertiary/aromatic N) is 4. The number of rotatable bonds is 4. The van der Waals surface area contributed by atoms with E-state index in [1.165, 1.54) is 35.9 Å². The molecule has 31 heavy (non-hydrogen) atoms. The fraction of sp³-hybridized carbons (Fsp3) is 0.0500. The number of anilines is 1. The minimum Gasteiger partial charge on any atom is -0.347 e. The number of hydrogen-bond acceptors (Lipinski definition) is 7. The van der Waals surface area contributed by atoms with E-state index in [-0.39, 0.29) is 5.91 Å². The SMILES string of the molecule is O=C(NCc1cnc(-n2cccn2)s1)c1ccc2c(c1)NC(=O)c1ccncc1S2=O. The number of hydrogen-bond donors (Lipinski definition) is 2. The van der Waals surface area contributed by atoms with Crippen LogP contribution < -0.4 is 10.6 Å². The van der Waals surface area contributed by atoms with E-state index in [0.29, 0.717) is 38.3 Å². The molecule has 9 nitrogen and oxygen atoms in total. The zero-order chi connectivity index (χ0) is 21.4. The molecule has 2 amide bonds. The van der Waals surface area contributed by atoms with E-state index in [2.05, 4.69) is 25.7 Å². The van der Waals surface area contributed by atoms with Crippen molar-refractivity contribution in [3.63, 3.8) is 0 Å². The van der Waals surface area contributed by atoms with E-state index in [9.17, 15) is 13.8 Å². The van der Waals surface area contributed by atoms with Crippen LogP contribution >= 0.6 is 11.3 Å². The van der Waals surface area contributed by atoms with Crippen molar-refractivity contribution < 1.29 is 13.8 Å². The molecule has 2 N–H and O–H groups in total. The van der Waals surface area contributed by atoms with E-state index in [4.69, 9.17) is 0 Å². The number of aromatic nitrogens is 4. The summed E-state index contributed by atoms with van der Waals surface area (Å²) in [5.41, 5.74) is 0.983. The number of nitrogens with one attached hydrogen (secondary N) is 2. The molecule has 1 aromatic carbocycles. The highest BCUT2D eigenvalue weighted by atomic mass is 32.2. The fourth-order valence-electron chi connectivity index (χ4n) is 3.09. The summed E-state index contributed by atoms with van der Waals surface area (Å²) in [4.78, 5) is 35.1. The van der Waals surface area contributed by atoms with Crippen LogP contribution in [0.4, 0.5) is 5.69 Å². The molecular formula is C20H14N6O3S2. The largest absolute Gasteiger partial charge is 0.347 e. The zero-order valence-corrected chi connectivity index (χ0v) is 17.4. The molecule has 11 heteroatoms. The first-order valence-corrected chi connectivity index (χ1v) is 11.1. The van der Waals surface area contributed by atoms with E-state index >= 15 is 0 Å². The van der Waals surface area contributed by atoms with E-state index in [1.54, 1.807) is 35.4 Å². The van der Waals surface area contributed by atoms with E-state index in [0.717, 1.165) is 4.88 Å². The first-order chi connectivity index (χ1) is 15.1. The van der Waals surface area contributed by atoms with Gasteiger partial charge in [-0.1, -0.05) is 11.3 Å². The normalized spacial score (nSPS) is 14.8. The smallest absolute Gasteiger partial charge is 0.257 e. The Kier molecular flexibility index (Phi) is 4.88. The molecule has 0 fully saturated rings. The van der Waals surface area contributed by atoms with Gasteiger partial charge in [-0.05, 0) is 30.3 Å². The maximum atomic E-state index is 12.9. The Morgan fingerprint density at radius 1 is 1.19 bits per heavy atom. The molecule has 0 spiro atoms. The molecule has 154 valence electrons. The van der Waals surface area contributed by atoms with Gasteiger partial charge in [0.25, 0.3) is 11.8 Å². The third-order valence-electron chi connectivity index (χ3n) is 4.58. The number of carbonyl (C=O) groups is 2. The van der Waals surface area contributed by atoms with Crippen molar-refractivity contribution in [1.82, 2.24) is 25.1 Å². The Bertz CT molecular complexity index is 1330. The van der Waals surface area contributed by atoms with Crippen LogP contribution in [0.2, 0.25) is 0 Å². The van der Waals surface area contributed by atoms with Crippen molar-refractivity contribution in [2.45, 2.75) is 16.3 Å². The van der Waals surface area contributed by atoms with Crippen molar-refractivity contribution in [1.29, 1.82) is 0 Å². The maximum Gasteiger partial charge on any atom is 0.257 e. The van der Waals surface area contributed by atoms with Crippen molar-refractivity contribution in [2.75, 3.05) is 5.32 Å². The maximum absolute atomic E-state index is 12.9. The molecular weight excluding hydrogens is 436 g/mol. The van der Waals surface area contributed by atoms with Crippen molar-refractivity contribution in [3.05, 3.63) is 77.3 Å². The lowest BCUT2D eigenvalue weighted by atomic mass is 10.1. The Balaban J connectivity index is 1.34. The Hall–Kier alpha value is -3.70. The van der Waals surface area contributed by atoms with Gasteiger partial charge in [-0.3, -0.25) is 14.6 Å². The second-order valence-corrected chi connectivity index (χ2v) is 9.06. The third kappa shape index (κ3) is 3.64. The lowest BCUT2D eigenvalue weighted by Gasteiger charge is -2.09. The summed E-state index contributed by atoms with van der Waals surface area (Å²) in [7, 11) is -1.59. The Morgan fingerprint density at radius 2 is 2.10 bits per heavy atom. The standard InChI is InChI=1S/C20H14N6O3S2/c27-18(22-9-13-10-23-20(30-13)26-7-1-5-24-26)12-2-3-16-15(8-12)25-19(28)14-4-6-21-11-17(14)31(16)29/h1-8,10-11H,9H2,(H,22,27)(H,25,28). The van der Waals surface area contributed by atoms with Crippen LogP contribution in [0.1, 0.15) is 25.6 Å². The summed E-state index contributed by atoms with van der Waals surface area (Å²) in [5.74, 6) is -0.710. The lowest BCUT2D eigenvalue weighted by molar-refractivity contribution is 0.0949. The number of pyridine rings is 1. The number of benzene rings is 1. The highest BCUT2D eigenvalue weighted by Gasteiger charge is 2.25. The molecule has 1 aliphatic rings. The average Bonchev–Trinajstić information content (AvgIpc) is 3.47. The Morgan fingerprint density at radius 3 is 2.94 bits per heavy atom. The number of carbonyl (C=O) groups excluding carboxylic acids is 2. The topological polar surface area (TPSA) is 119 Å². The van der Waals surface area contributed by atoms with Gasteiger partial charge >= 0.3 is 0 Å². The molecule has 0 radical (unpaired) electrons. The molecule has 5 rings (SSSR count). The monoisotopic (exact) mass is 450 g/mol. The van der Waals surface area contributed by atoms with Gasteiger partial charge in [0.15, 0.2) is 0 Å². The predicted octanol–water partition coefficient (Wildman–Crippen LogP) is 2.39. The van der Waals surface area contributed by atoms with Crippen LogP contribution in [0.15, 0.2) is 71.1 Å². The minimum absolute atomic E-state index is 0.296. The minimum atomic E-state index is -1.59. The van der Waals surface area contributed by atoms with Crippen LogP contribution in [-0.4, -0.2) is 35.8 Å². The zero-order valence-electron chi connectivity index (χ0n) is 15.8. The van der Waals surface area contributed by atoms with Crippen LogP contribution in [0.25, 0.3) is 5.13 Å². The molecule has 1 aliphatic heterocycles. The molecule has 4 aromatic rings. The average molecular weight is 451 g/mol. The van der Waals surface area contributed by atoms with Crippen LogP contribution in [0.5, 0.6) is 0 Å². The summed E-state index contributed by atoms with van der Waals surface area (Å²) in [6.07, 6.45) is 8.05. The van der Waals surface area contributed by atoms with E-state index in [1.807, 2.05) is 6.07 Å². The molecule has 0 saturated heterocycles. The van der Waals surface area contributed by atoms with Gasteiger partial charge in [0.2, 0.25) is 5.13 Å². The quantitative estimate of drug-likeness (QED) is 0.493. The van der Waals surface area contributed by atoms with Gasteiger partial charge in [-0.25, -0.2) is 13.9 Å². The van der Waals surface area contributed by atoms with Crippen LogP contribution in [0.3, 0.4) is 0 Å². The van der Waals surface area contributed by atoms with Gasteiger partial charge in [0, 0.05) is 41.4 Å². The van der Waals surface area contributed by atoms with Crippen LogP contribution in [0, 0.1) is 0 Å². The van der Waals surface area contributed by atoms with Crippen LogP contribution in [-0.2, 0) is 17.3 Å². The molecule has 0 bridgehead atoms. The summed E-state index contributed by atoms with van der Waals surface area (Å²) in [5, 5.41) is 10.4. The van der Waals surface area contributed by atoms with Gasteiger partial charge in [0.1, 0.15) is 0 Å². The molecule has 1 atom stereocenters. The summed E-state index contributed by atoms with van der Waals surface area (Å²) >= 11 is 1.42. The molecule has 3 aromatic heterocycles. The first-order valence-electron chi connectivity index (χ1n) is 9.14. The molecule has 0 saturated carbocycles. The summed E-state index contributed by atoms with van der Waals surface area (Å²) < 4.78 is 14.6. The van der Waals surface area contributed by atoms with Gasteiger partial charge < -0.3 is 10.6 Å². The second kappa shape index (κ2) is 7.85. The number of amides is 2. The summed E-state index contributed by atoms with van der Waals surface area (Å²) in [6.45, 7) is 0.296. The fourth-order valence-corrected chi connectivity index (χ4v) is 5.14. The molecule has 0 aliphatic carbocycles. The van der Waals surface area contributed by atoms with Gasteiger partial charge in [-0.2, -0.15) is 5.10 Å². The molecule has 1 unspecified atom stereocenters. The number of thiazole rings is 1. The van der Waals surface area contributed by atoms with Gasteiger partial charge in [-0.15, -0.1) is 0 Å². The Labute approximate surface area is 182 Å². The third-order valence-corrected chi connectivity index (χ3v) is 7.05. The van der Waals surface area contributed by atoms with E-state index < -0.39 is 16.7 Å². The first kappa shape index (κ1) is 19.3. The van der Waals surface area contributed by atoms with Crippen molar-refractivity contribution >= 4 is 39.6 Å². The van der Waals surface area contributed by atoms with Gasteiger partial charge in [0.05, 0.1) is 38.4 Å². The lowest BCUT2D eigenvalue weighted by Crippen LogP contribution is -2.22. The number of fused-ring (bicyclic) bond motifs is 2. The molecule has 4 heterocycles. The highest BCUT2D eigenvalue weighted by molar-refractivity contribution is 7.85. The van der Waals surface area contributed by atoms with Crippen molar-refractivity contribution in [2.24, 2.45) is 0 Å². The summed E-state index contributed by atoms with van der Waals surface area (Å²) in [6, 6.07) is 8.03. The second-order valence-electron chi connectivity index (χ2n) is 6.55.